The summed E-state index contributed by atoms with van der Waals surface area (Å²) in [6, 6.07) is 17.0. The lowest BCUT2D eigenvalue weighted by Gasteiger charge is -2.11. The van der Waals surface area contributed by atoms with Crippen molar-refractivity contribution in [3.05, 3.63) is 60.3 Å². The van der Waals surface area contributed by atoms with Gasteiger partial charge >= 0.3 is 0 Å². The Morgan fingerprint density at radius 1 is 1.00 bits per heavy atom. The fourth-order valence-electron chi connectivity index (χ4n) is 2.61. The monoisotopic (exact) mass is 277 g/mol. The highest BCUT2D eigenvalue weighted by atomic mass is 15.3. The molecule has 2 N–H and O–H groups in total. The summed E-state index contributed by atoms with van der Waals surface area (Å²) in [5, 5.41) is 4.23. The molecule has 0 fully saturated rings. The molecule has 2 aromatic carbocycles. The summed E-state index contributed by atoms with van der Waals surface area (Å²) >= 11 is 0. The Morgan fingerprint density at radius 3 is 2.38 bits per heavy atom. The standard InChI is InChI=1S/C18H19N3/c1-3-13-9-10-15(17-12-20-21(2)18(17)19)11-16(13)14-7-5-4-6-8-14/h4-12H,3,19H2,1-2H3. The smallest absolute Gasteiger partial charge is 0.129 e. The molecule has 0 unspecified atom stereocenters. The molecule has 0 aliphatic carbocycles. The van der Waals surface area contributed by atoms with Crippen LogP contribution in [0.15, 0.2) is 54.7 Å². The maximum absolute atomic E-state index is 6.09. The summed E-state index contributed by atoms with van der Waals surface area (Å²) in [6.07, 6.45) is 2.83. The van der Waals surface area contributed by atoms with Gasteiger partial charge in [-0.15, -0.1) is 0 Å². The van der Waals surface area contributed by atoms with Gasteiger partial charge in [0.15, 0.2) is 0 Å². The molecule has 1 aromatic heterocycles. The highest BCUT2D eigenvalue weighted by Crippen LogP contribution is 2.32. The van der Waals surface area contributed by atoms with Crippen molar-refractivity contribution in [1.82, 2.24) is 9.78 Å². The molecule has 0 aliphatic heterocycles. The lowest BCUT2D eigenvalue weighted by atomic mass is 9.94. The Bertz CT molecular complexity index is 757. The van der Waals surface area contributed by atoms with Crippen molar-refractivity contribution in [3.8, 4) is 22.3 Å². The number of aromatic nitrogens is 2. The molecule has 1 heterocycles. The first-order chi connectivity index (χ1) is 10.2. The van der Waals surface area contributed by atoms with Crippen molar-refractivity contribution < 1.29 is 0 Å². The van der Waals surface area contributed by atoms with E-state index < -0.39 is 0 Å². The largest absolute Gasteiger partial charge is 0.383 e. The average Bonchev–Trinajstić information content (AvgIpc) is 2.87. The normalized spacial score (nSPS) is 10.8. The van der Waals surface area contributed by atoms with Gasteiger partial charge in [0.2, 0.25) is 0 Å². The van der Waals surface area contributed by atoms with E-state index in [2.05, 4.69) is 54.5 Å². The number of nitrogens with zero attached hydrogens (tertiary/aromatic N) is 2. The van der Waals surface area contributed by atoms with Crippen molar-refractivity contribution >= 4 is 5.82 Å². The lowest BCUT2D eigenvalue weighted by molar-refractivity contribution is 0.779. The third-order valence-corrected chi connectivity index (χ3v) is 3.87. The Hall–Kier alpha value is -2.55. The third kappa shape index (κ3) is 2.42. The number of hydrogen-bond acceptors (Lipinski definition) is 2. The zero-order valence-corrected chi connectivity index (χ0v) is 12.4. The van der Waals surface area contributed by atoms with Gasteiger partial charge in [0, 0.05) is 12.6 Å². The maximum atomic E-state index is 6.09. The van der Waals surface area contributed by atoms with E-state index in [1.54, 1.807) is 4.68 Å². The van der Waals surface area contributed by atoms with Crippen LogP contribution in [0.4, 0.5) is 5.82 Å². The highest BCUT2D eigenvalue weighted by molar-refractivity contribution is 5.79. The maximum Gasteiger partial charge on any atom is 0.129 e. The molecule has 21 heavy (non-hydrogen) atoms. The van der Waals surface area contributed by atoms with Crippen LogP contribution in [0.25, 0.3) is 22.3 Å². The van der Waals surface area contributed by atoms with Crippen LogP contribution >= 0.6 is 0 Å². The molecule has 106 valence electrons. The van der Waals surface area contributed by atoms with Crippen molar-refractivity contribution in [2.45, 2.75) is 13.3 Å². The number of nitrogen functional groups attached to an aromatic ring is 1. The van der Waals surface area contributed by atoms with E-state index in [0.717, 1.165) is 17.5 Å². The molecule has 3 rings (SSSR count). The minimum absolute atomic E-state index is 0.693. The number of benzene rings is 2. The van der Waals surface area contributed by atoms with E-state index >= 15 is 0 Å². The van der Waals surface area contributed by atoms with Crippen molar-refractivity contribution in [3.63, 3.8) is 0 Å². The van der Waals surface area contributed by atoms with E-state index in [9.17, 15) is 0 Å². The molecule has 3 aromatic rings. The number of hydrogen-bond donors (Lipinski definition) is 1. The van der Waals surface area contributed by atoms with Gasteiger partial charge in [-0.25, -0.2) is 0 Å². The van der Waals surface area contributed by atoms with Gasteiger partial charge in [-0.05, 0) is 34.7 Å². The summed E-state index contributed by atoms with van der Waals surface area (Å²) in [5.74, 6) is 0.693. The zero-order valence-electron chi connectivity index (χ0n) is 12.4. The van der Waals surface area contributed by atoms with Gasteiger partial charge in [0.1, 0.15) is 5.82 Å². The molecule has 0 saturated heterocycles. The van der Waals surface area contributed by atoms with Gasteiger partial charge in [-0.3, -0.25) is 4.68 Å². The van der Waals surface area contributed by atoms with Gasteiger partial charge in [0.05, 0.1) is 6.20 Å². The first-order valence-electron chi connectivity index (χ1n) is 7.17. The van der Waals surface area contributed by atoms with Crippen LogP contribution in [0.2, 0.25) is 0 Å². The van der Waals surface area contributed by atoms with Crippen LogP contribution in [0.3, 0.4) is 0 Å². The fraction of sp³-hybridized carbons (Fsp3) is 0.167. The molecule has 3 heteroatoms. The van der Waals surface area contributed by atoms with Crippen LogP contribution < -0.4 is 5.73 Å². The van der Waals surface area contributed by atoms with E-state index in [1.165, 1.54) is 16.7 Å². The summed E-state index contributed by atoms with van der Waals surface area (Å²) in [6.45, 7) is 2.18. The summed E-state index contributed by atoms with van der Waals surface area (Å²) in [7, 11) is 1.86. The second kappa shape index (κ2) is 5.44. The van der Waals surface area contributed by atoms with Gasteiger partial charge in [-0.1, -0.05) is 49.4 Å². The van der Waals surface area contributed by atoms with Crippen LogP contribution in [0.5, 0.6) is 0 Å². The Kier molecular flexibility index (Phi) is 3.48. The molecular weight excluding hydrogens is 258 g/mol. The summed E-state index contributed by atoms with van der Waals surface area (Å²) in [5.41, 5.74) is 12.0. The van der Waals surface area contributed by atoms with Gasteiger partial charge < -0.3 is 5.73 Å². The predicted octanol–water partition coefficient (Wildman–Crippen LogP) is 3.90. The van der Waals surface area contributed by atoms with Gasteiger partial charge in [0.25, 0.3) is 0 Å². The molecule has 3 nitrogen and oxygen atoms in total. The summed E-state index contributed by atoms with van der Waals surface area (Å²) in [4.78, 5) is 0. The molecule has 0 amide bonds. The quantitative estimate of drug-likeness (QED) is 0.789. The van der Waals surface area contributed by atoms with Crippen LogP contribution in [0.1, 0.15) is 12.5 Å². The van der Waals surface area contributed by atoms with Crippen molar-refractivity contribution in [2.24, 2.45) is 7.05 Å². The first kappa shape index (κ1) is 13.4. The average molecular weight is 277 g/mol. The van der Waals surface area contributed by atoms with E-state index in [4.69, 9.17) is 5.73 Å². The molecule has 0 aliphatic rings. The Balaban J connectivity index is 2.16. The molecule has 0 saturated carbocycles. The molecule has 0 spiro atoms. The third-order valence-electron chi connectivity index (χ3n) is 3.87. The molecule has 0 radical (unpaired) electrons. The SMILES string of the molecule is CCc1ccc(-c2cnn(C)c2N)cc1-c1ccccc1. The number of nitrogens with two attached hydrogens (primary N) is 1. The number of rotatable bonds is 3. The van der Waals surface area contributed by atoms with Gasteiger partial charge in [-0.2, -0.15) is 5.10 Å². The van der Waals surface area contributed by atoms with Crippen LogP contribution in [0, 0.1) is 0 Å². The second-order valence-electron chi connectivity index (χ2n) is 5.16. The Morgan fingerprint density at radius 2 is 1.76 bits per heavy atom. The van der Waals surface area contributed by atoms with E-state index in [1.807, 2.05) is 19.3 Å². The molecule has 0 atom stereocenters. The fourth-order valence-corrected chi connectivity index (χ4v) is 2.61. The van der Waals surface area contributed by atoms with Crippen molar-refractivity contribution in [2.75, 3.05) is 5.73 Å². The molecular formula is C18H19N3. The van der Waals surface area contributed by atoms with Crippen LogP contribution in [-0.4, -0.2) is 9.78 Å². The topological polar surface area (TPSA) is 43.8 Å². The number of anilines is 1. The highest BCUT2D eigenvalue weighted by Gasteiger charge is 2.10. The van der Waals surface area contributed by atoms with Crippen molar-refractivity contribution in [1.29, 1.82) is 0 Å². The van der Waals surface area contributed by atoms with Crippen LogP contribution in [-0.2, 0) is 13.5 Å². The molecule has 0 bridgehead atoms. The van der Waals surface area contributed by atoms with E-state index in [-0.39, 0.29) is 0 Å². The Labute approximate surface area is 125 Å². The second-order valence-corrected chi connectivity index (χ2v) is 5.16. The lowest BCUT2D eigenvalue weighted by Crippen LogP contribution is -1.98. The first-order valence-corrected chi connectivity index (χ1v) is 7.17. The summed E-state index contributed by atoms with van der Waals surface area (Å²) < 4.78 is 1.70. The number of aryl methyl sites for hydroxylation is 2. The van der Waals surface area contributed by atoms with E-state index in [0.29, 0.717) is 5.82 Å². The minimum atomic E-state index is 0.693. The zero-order chi connectivity index (χ0) is 14.8. The predicted molar refractivity (Wildman–Crippen MR) is 87.9 cm³/mol. The minimum Gasteiger partial charge on any atom is -0.383 e.